The van der Waals surface area contributed by atoms with Crippen molar-refractivity contribution in [1.29, 1.82) is 0 Å². The van der Waals surface area contributed by atoms with Crippen molar-refractivity contribution in [1.82, 2.24) is 15.6 Å². The predicted molar refractivity (Wildman–Crippen MR) is 177 cm³/mol. The summed E-state index contributed by atoms with van der Waals surface area (Å²) >= 11 is 12.4. The number of oxazole rings is 1. The highest BCUT2D eigenvalue weighted by atomic mass is 35.5. The Morgan fingerprint density at radius 1 is 0.875 bits per heavy atom. The van der Waals surface area contributed by atoms with E-state index in [9.17, 15) is 39.0 Å². The van der Waals surface area contributed by atoms with Crippen LogP contribution in [0.1, 0.15) is 63.2 Å². The summed E-state index contributed by atoms with van der Waals surface area (Å²) in [5.41, 5.74) is 0.990. The van der Waals surface area contributed by atoms with Gasteiger partial charge in [0.05, 0.1) is 34.3 Å². The number of carbonyl (C=O) groups is 6. The lowest BCUT2D eigenvalue weighted by atomic mass is 9.90. The van der Waals surface area contributed by atoms with Crippen LogP contribution < -0.4 is 10.6 Å². The van der Waals surface area contributed by atoms with Crippen molar-refractivity contribution in [2.45, 2.75) is 65.5 Å². The lowest BCUT2D eigenvalue weighted by Crippen LogP contribution is -2.49. The maximum atomic E-state index is 13.4. The minimum atomic E-state index is -1.58. The molecule has 0 aliphatic heterocycles. The number of aliphatic carboxylic acids is 1. The fourth-order valence-electron chi connectivity index (χ4n) is 5.02. The molecule has 2 aromatic carbocycles. The second-order valence-corrected chi connectivity index (χ2v) is 12.7. The van der Waals surface area contributed by atoms with E-state index in [0.717, 1.165) is 0 Å². The second-order valence-electron chi connectivity index (χ2n) is 11.9. The number of phenolic OH excluding ortho intramolecular Hbond substituents is 1. The zero-order chi connectivity index (χ0) is 35.7. The minimum Gasteiger partial charge on any atom is -0.508 e. The lowest BCUT2D eigenvalue weighted by Gasteiger charge is -2.25. The number of benzene rings is 2. The fraction of sp³-hybridized carbons (Fsp3) is 0.382. The number of Topliss-reactive ketones (excluding diaryl/α,β-unsaturated/α-hetero) is 3. The normalized spacial score (nSPS) is 13.6. The first kappa shape index (κ1) is 37.9. The number of carboxylic acids is 1. The third kappa shape index (κ3) is 10.5. The summed E-state index contributed by atoms with van der Waals surface area (Å²) in [6.07, 6.45) is 0.194. The summed E-state index contributed by atoms with van der Waals surface area (Å²) in [5, 5.41) is 24.6. The van der Waals surface area contributed by atoms with Crippen LogP contribution >= 0.6 is 23.2 Å². The molecule has 2 amide bonds. The Kier molecular flexibility index (Phi) is 13.4. The summed E-state index contributed by atoms with van der Waals surface area (Å²) in [6.45, 7) is 6.23. The Hall–Kier alpha value is -4.55. The van der Waals surface area contributed by atoms with Crippen LogP contribution in [0, 0.1) is 17.8 Å². The van der Waals surface area contributed by atoms with Crippen LogP contribution in [0.2, 0.25) is 10.0 Å². The number of rotatable bonds is 17. The first-order chi connectivity index (χ1) is 22.6. The highest BCUT2D eigenvalue weighted by Crippen LogP contribution is 2.35. The molecule has 0 aliphatic carbocycles. The predicted octanol–water partition coefficient (Wildman–Crippen LogP) is 5.07. The number of hydrogen-bond acceptors (Lipinski definition) is 9. The highest BCUT2D eigenvalue weighted by Gasteiger charge is 2.33. The van der Waals surface area contributed by atoms with Crippen LogP contribution in [-0.4, -0.2) is 62.4 Å². The van der Waals surface area contributed by atoms with Crippen molar-refractivity contribution in [2.75, 3.05) is 0 Å². The molecule has 0 aliphatic rings. The van der Waals surface area contributed by atoms with Crippen LogP contribution in [0.4, 0.5) is 0 Å². The van der Waals surface area contributed by atoms with Crippen molar-refractivity contribution >= 4 is 58.3 Å². The number of hydrogen-bond donors (Lipinski definition) is 4. The van der Waals surface area contributed by atoms with Gasteiger partial charge in [0.15, 0.2) is 11.5 Å². The Bertz CT molecular complexity index is 1650. The molecule has 0 radical (unpaired) electrons. The molecule has 0 spiro atoms. The molecule has 0 fully saturated rings. The molecule has 1 heterocycles. The average Bonchev–Trinajstić information content (AvgIpc) is 3.48. The molecule has 3 aromatic rings. The van der Waals surface area contributed by atoms with Crippen LogP contribution in [0.15, 0.2) is 53.1 Å². The number of nitrogens with one attached hydrogen (secondary N) is 2. The number of phenols is 1. The third-order valence-electron chi connectivity index (χ3n) is 7.53. The molecule has 0 bridgehead atoms. The Morgan fingerprint density at radius 3 is 2.06 bits per heavy atom. The van der Waals surface area contributed by atoms with Gasteiger partial charge in [-0.25, -0.2) is 4.98 Å². The van der Waals surface area contributed by atoms with Crippen molar-refractivity contribution in [3.05, 3.63) is 70.2 Å². The topological polar surface area (TPSA) is 193 Å². The molecule has 256 valence electrons. The second kappa shape index (κ2) is 17.0. The fourth-order valence-corrected chi connectivity index (χ4v) is 5.60. The van der Waals surface area contributed by atoms with Crippen molar-refractivity contribution in [2.24, 2.45) is 17.8 Å². The Morgan fingerprint density at radius 2 is 1.50 bits per heavy atom. The van der Waals surface area contributed by atoms with Gasteiger partial charge >= 0.3 is 5.97 Å². The van der Waals surface area contributed by atoms with Crippen LogP contribution in [0.3, 0.4) is 0 Å². The molecule has 0 unspecified atom stereocenters. The van der Waals surface area contributed by atoms with Gasteiger partial charge in [-0.1, -0.05) is 62.2 Å². The lowest BCUT2D eigenvalue weighted by molar-refractivity contribution is -0.138. The van der Waals surface area contributed by atoms with E-state index in [0.29, 0.717) is 5.56 Å². The number of ketones is 3. The average molecular weight is 703 g/mol. The molecule has 4 N–H and O–H groups in total. The largest absolute Gasteiger partial charge is 0.508 e. The maximum Gasteiger partial charge on any atom is 0.305 e. The van der Waals surface area contributed by atoms with E-state index >= 15 is 0 Å². The van der Waals surface area contributed by atoms with Gasteiger partial charge in [0.25, 0.3) is 5.89 Å². The zero-order valence-corrected chi connectivity index (χ0v) is 28.3. The van der Waals surface area contributed by atoms with Gasteiger partial charge in [-0.05, 0) is 49.1 Å². The number of carboxylic acid groups (broad SMARTS) is 1. The van der Waals surface area contributed by atoms with E-state index in [1.807, 2.05) is 0 Å². The molecule has 4 atom stereocenters. The summed E-state index contributed by atoms with van der Waals surface area (Å²) in [4.78, 5) is 80.6. The smallest absolute Gasteiger partial charge is 0.305 e. The first-order valence-corrected chi connectivity index (χ1v) is 15.9. The number of aromatic hydroxyl groups is 1. The monoisotopic (exact) mass is 701 g/mol. The van der Waals surface area contributed by atoms with Gasteiger partial charge < -0.3 is 30.1 Å². The van der Waals surface area contributed by atoms with Gasteiger partial charge in [-0.3, -0.25) is 24.0 Å². The summed E-state index contributed by atoms with van der Waals surface area (Å²) < 4.78 is 5.54. The highest BCUT2D eigenvalue weighted by molar-refractivity contribution is 6.39. The number of nitrogens with zero attached hydrogens (tertiary/aromatic N) is 1. The molecule has 3 rings (SSSR count). The molecule has 48 heavy (non-hydrogen) atoms. The maximum absolute atomic E-state index is 13.4. The van der Waals surface area contributed by atoms with Crippen molar-refractivity contribution in [3.8, 4) is 17.1 Å². The molecule has 0 saturated carbocycles. The molecule has 14 heteroatoms. The van der Waals surface area contributed by atoms with Crippen LogP contribution in [0.5, 0.6) is 5.75 Å². The van der Waals surface area contributed by atoms with E-state index < -0.39 is 65.6 Å². The Balaban J connectivity index is 1.70. The van der Waals surface area contributed by atoms with Crippen LogP contribution in [-0.2, 0) is 30.4 Å². The van der Waals surface area contributed by atoms with Gasteiger partial charge in [0.2, 0.25) is 17.6 Å². The number of carbonyl (C=O) groups excluding carboxylic acids is 5. The summed E-state index contributed by atoms with van der Waals surface area (Å²) in [7, 11) is 0. The molecule has 12 nitrogen and oxygen atoms in total. The zero-order valence-electron chi connectivity index (χ0n) is 26.8. The minimum absolute atomic E-state index is 0.0548. The van der Waals surface area contributed by atoms with E-state index in [4.69, 9.17) is 27.6 Å². The summed E-state index contributed by atoms with van der Waals surface area (Å²) in [6, 6.07) is 8.37. The van der Waals surface area contributed by atoms with Crippen LogP contribution in [0.25, 0.3) is 11.3 Å². The van der Waals surface area contributed by atoms with E-state index in [1.165, 1.54) is 32.2 Å². The summed E-state index contributed by atoms with van der Waals surface area (Å²) in [5.74, 6) is -6.83. The Labute approximate surface area is 287 Å². The van der Waals surface area contributed by atoms with E-state index in [1.54, 1.807) is 44.2 Å². The van der Waals surface area contributed by atoms with Gasteiger partial charge in [0.1, 0.15) is 17.6 Å². The standard InChI is InChI=1S/C34H37Cl2N3O9/c1-17(2)30(39-33(47)21(13-19(4)40)14-20-8-10-22(41)11-9-20)26(42)12-18(3)32(46)38-25(15-28(43)44)31(45)34-37-16-27(48-34)29-23(35)6-5-7-24(29)36/h5-11,16-18,21,25,30,41H,12-15H2,1-4H3,(H,38,46)(H,39,47)(H,43,44)/t18-,21+,25+,30+/m1/s1. The number of halogens is 2. The van der Waals surface area contributed by atoms with Gasteiger partial charge in [-0.15, -0.1) is 0 Å². The van der Waals surface area contributed by atoms with E-state index in [-0.39, 0.29) is 58.1 Å². The van der Waals surface area contributed by atoms with E-state index in [2.05, 4.69) is 15.6 Å². The quantitative estimate of drug-likeness (QED) is 0.138. The SMILES string of the molecule is CC(=O)C[C@@H](Cc1ccc(O)cc1)C(=O)N[C@H](C(=O)C[C@@H](C)C(=O)N[C@@H](CC(=O)O)C(=O)c1ncc(-c2c(Cl)cccc2Cl)o1)C(C)C. The van der Waals surface area contributed by atoms with Crippen molar-refractivity contribution in [3.63, 3.8) is 0 Å². The number of amides is 2. The molecular weight excluding hydrogens is 665 g/mol. The number of aromatic nitrogens is 1. The van der Waals surface area contributed by atoms with Gasteiger partial charge in [-0.2, -0.15) is 0 Å². The first-order valence-electron chi connectivity index (χ1n) is 15.1. The molecule has 0 saturated heterocycles. The molecule has 1 aromatic heterocycles. The third-order valence-corrected chi connectivity index (χ3v) is 8.16. The van der Waals surface area contributed by atoms with Gasteiger partial charge in [0, 0.05) is 24.7 Å². The van der Waals surface area contributed by atoms with Crippen molar-refractivity contribution < 1.29 is 43.4 Å². The molecular formula is C34H37Cl2N3O9.